The van der Waals surface area contributed by atoms with Gasteiger partial charge in [0.05, 0.1) is 0 Å². The minimum absolute atomic E-state index is 1.02. The highest BCUT2D eigenvalue weighted by Crippen LogP contribution is 2.23. The predicted molar refractivity (Wildman–Crippen MR) is 33.9 cm³/mol. The summed E-state index contributed by atoms with van der Waals surface area (Å²) in [5.41, 5.74) is 0. The van der Waals surface area contributed by atoms with Crippen LogP contribution in [0.15, 0.2) is 0 Å². The van der Waals surface area contributed by atoms with Crippen molar-refractivity contribution in [3.63, 3.8) is 0 Å². The average Bonchev–Trinajstić information content (AvgIpc) is 1.99. The quantitative estimate of drug-likeness (QED) is 0.640. The average molecular weight is 206 g/mol. The van der Waals surface area contributed by atoms with Gasteiger partial charge in [-0.1, -0.05) is 0 Å². The van der Waals surface area contributed by atoms with Crippen LogP contribution in [-0.4, -0.2) is 36.7 Å². The lowest BCUT2D eigenvalue weighted by atomic mass is 11.4. The maximum Gasteiger partial charge on any atom is 0.685 e. The van der Waals surface area contributed by atoms with Gasteiger partial charge >= 0.3 is 15.4 Å². The zero-order valence-electron chi connectivity index (χ0n) is 6.77. The first-order valence-electron chi connectivity index (χ1n) is 2.81. The minimum Gasteiger partial charge on any atom is -0.354 e. The van der Waals surface area contributed by atoms with Crippen molar-refractivity contribution in [3.05, 3.63) is 0 Å². The molecule has 0 unspecified atom stereocenters. The van der Waals surface area contributed by atoms with E-state index in [9.17, 15) is 13.2 Å². The molecule has 0 radical (unpaired) electrons. The Morgan fingerprint density at radius 3 is 1.33 bits per heavy atom. The number of hydrogen-bond acceptors (Lipinski definition) is 4. The van der Waals surface area contributed by atoms with Crippen molar-refractivity contribution < 1.29 is 30.9 Å². The zero-order chi connectivity index (χ0) is 9.83. The Labute approximate surface area is 68.7 Å². The van der Waals surface area contributed by atoms with Crippen molar-refractivity contribution in [2.24, 2.45) is 0 Å². The molecule has 0 saturated heterocycles. The minimum atomic E-state index is -4.83. The van der Waals surface area contributed by atoms with Crippen LogP contribution in [0.25, 0.3) is 0 Å². The van der Waals surface area contributed by atoms with Gasteiger partial charge < -0.3 is 13.3 Å². The Bertz CT molecular complexity index is 126. The summed E-state index contributed by atoms with van der Waals surface area (Å²) >= 11 is 0. The van der Waals surface area contributed by atoms with Gasteiger partial charge in [0, 0.05) is 21.3 Å². The van der Waals surface area contributed by atoms with Crippen LogP contribution >= 0.6 is 0 Å². The van der Waals surface area contributed by atoms with Crippen LogP contribution in [0.2, 0.25) is 0 Å². The molecule has 0 aliphatic carbocycles. The summed E-state index contributed by atoms with van der Waals surface area (Å²) in [5.74, 6) is 0. The lowest BCUT2D eigenvalue weighted by molar-refractivity contribution is -0.306. The van der Waals surface area contributed by atoms with Crippen molar-refractivity contribution >= 4 is 9.05 Å². The van der Waals surface area contributed by atoms with Crippen molar-refractivity contribution in [2.45, 2.75) is 6.36 Å². The smallest absolute Gasteiger partial charge is 0.354 e. The topological polar surface area (TPSA) is 36.9 Å². The molecule has 0 aliphatic heterocycles. The standard InChI is InChI=1S/C4H9F3O4Si/c1-8-12(9-2,10-3)11-4(5,6)7/h1-3H3. The summed E-state index contributed by atoms with van der Waals surface area (Å²) in [7, 11) is -0.921. The van der Waals surface area contributed by atoms with Gasteiger partial charge in [0.1, 0.15) is 0 Å². The molecule has 8 heteroatoms. The molecule has 0 heterocycles. The Kier molecular flexibility index (Phi) is 4.13. The second kappa shape index (κ2) is 4.19. The molecular weight excluding hydrogens is 197 g/mol. The van der Waals surface area contributed by atoms with Crippen LogP contribution in [0.5, 0.6) is 0 Å². The van der Waals surface area contributed by atoms with E-state index in [1.54, 1.807) is 0 Å². The van der Waals surface area contributed by atoms with E-state index in [1.807, 2.05) is 0 Å². The molecule has 12 heavy (non-hydrogen) atoms. The summed E-state index contributed by atoms with van der Waals surface area (Å²) in [5, 5.41) is 0. The molecule has 0 aromatic rings. The maximum absolute atomic E-state index is 11.7. The number of halogens is 3. The highest BCUT2D eigenvalue weighted by molar-refractivity contribution is 6.53. The molecule has 0 aromatic carbocycles. The van der Waals surface area contributed by atoms with E-state index < -0.39 is 15.4 Å². The van der Waals surface area contributed by atoms with Gasteiger partial charge in [0.25, 0.3) is 0 Å². The van der Waals surface area contributed by atoms with E-state index in [4.69, 9.17) is 0 Å². The fraction of sp³-hybridized carbons (Fsp3) is 1.00. The Hall–Kier alpha value is -0.153. The van der Waals surface area contributed by atoms with E-state index in [0.29, 0.717) is 0 Å². The lowest BCUT2D eigenvalue weighted by Gasteiger charge is -2.23. The second-order valence-corrected chi connectivity index (χ2v) is 4.09. The van der Waals surface area contributed by atoms with Gasteiger partial charge in [0.15, 0.2) is 0 Å². The van der Waals surface area contributed by atoms with E-state index >= 15 is 0 Å². The summed E-state index contributed by atoms with van der Waals surface area (Å²) in [6.45, 7) is 0. The fourth-order valence-electron chi connectivity index (χ4n) is 0.517. The number of rotatable bonds is 4. The third-order valence-electron chi connectivity index (χ3n) is 0.991. The molecule has 0 spiro atoms. The van der Waals surface area contributed by atoms with E-state index in [-0.39, 0.29) is 0 Å². The molecule has 0 rings (SSSR count). The van der Waals surface area contributed by atoms with E-state index in [2.05, 4.69) is 17.7 Å². The van der Waals surface area contributed by atoms with Crippen LogP contribution < -0.4 is 0 Å². The van der Waals surface area contributed by atoms with E-state index in [1.165, 1.54) is 0 Å². The summed E-state index contributed by atoms with van der Waals surface area (Å²) in [6, 6.07) is 0. The highest BCUT2D eigenvalue weighted by atomic mass is 28.4. The molecule has 0 atom stereocenters. The van der Waals surface area contributed by atoms with Crippen molar-refractivity contribution in [2.75, 3.05) is 21.3 Å². The molecule has 0 amide bonds. The Balaban J connectivity index is 4.30. The van der Waals surface area contributed by atoms with Crippen LogP contribution in [0.1, 0.15) is 0 Å². The van der Waals surface area contributed by atoms with Crippen molar-refractivity contribution in [1.29, 1.82) is 0 Å². The lowest BCUT2D eigenvalue weighted by Crippen LogP contribution is -2.50. The number of hydrogen-bond donors (Lipinski definition) is 0. The maximum atomic E-state index is 11.7. The first kappa shape index (κ1) is 11.8. The van der Waals surface area contributed by atoms with Gasteiger partial charge in [-0.2, -0.15) is 0 Å². The molecule has 4 nitrogen and oxygen atoms in total. The first-order chi connectivity index (χ1) is 5.39. The zero-order valence-corrected chi connectivity index (χ0v) is 7.77. The van der Waals surface area contributed by atoms with Gasteiger partial charge in [-0.3, -0.25) is 4.43 Å². The molecule has 0 saturated carbocycles. The molecular formula is C4H9F3O4Si. The third kappa shape index (κ3) is 3.50. The van der Waals surface area contributed by atoms with Gasteiger partial charge in [-0.25, -0.2) is 0 Å². The third-order valence-corrected chi connectivity index (χ3v) is 2.97. The highest BCUT2D eigenvalue weighted by Gasteiger charge is 2.52. The van der Waals surface area contributed by atoms with Crippen LogP contribution in [-0.2, 0) is 17.7 Å². The largest absolute Gasteiger partial charge is 0.685 e. The van der Waals surface area contributed by atoms with Crippen molar-refractivity contribution in [3.8, 4) is 0 Å². The van der Waals surface area contributed by atoms with Gasteiger partial charge in [-0.05, 0) is 0 Å². The van der Waals surface area contributed by atoms with Crippen LogP contribution in [0.3, 0.4) is 0 Å². The fourth-order valence-corrected chi connectivity index (χ4v) is 1.55. The first-order valence-corrected chi connectivity index (χ1v) is 4.45. The molecule has 74 valence electrons. The molecule has 0 aliphatic rings. The normalized spacial score (nSPS) is 13.5. The van der Waals surface area contributed by atoms with Crippen LogP contribution in [0.4, 0.5) is 13.2 Å². The van der Waals surface area contributed by atoms with Gasteiger partial charge in [0.2, 0.25) is 0 Å². The van der Waals surface area contributed by atoms with E-state index in [0.717, 1.165) is 21.3 Å². The number of alkyl halides is 3. The Morgan fingerprint density at radius 1 is 0.917 bits per heavy atom. The summed E-state index contributed by atoms with van der Waals surface area (Å²) in [6.07, 6.45) is -4.83. The monoisotopic (exact) mass is 206 g/mol. The van der Waals surface area contributed by atoms with Crippen LogP contribution in [0, 0.1) is 0 Å². The molecule has 0 aromatic heterocycles. The summed E-state index contributed by atoms with van der Waals surface area (Å²) in [4.78, 5) is 0. The van der Waals surface area contributed by atoms with Gasteiger partial charge in [-0.15, -0.1) is 13.2 Å². The SMILES string of the molecule is CO[Si](OC)(OC)OC(F)(F)F. The predicted octanol–water partition coefficient (Wildman–Crippen LogP) is 0.898. The molecule has 0 fully saturated rings. The second-order valence-electron chi connectivity index (χ2n) is 1.66. The Morgan fingerprint density at radius 2 is 1.25 bits per heavy atom. The molecule has 0 bridgehead atoms. The summed E-state index contributed by atoms with van der Waals surface area (Å²) < 4.78 is 51.7. The van der Waals surface area contributed by atoms with Crippen molar-refractivity contribution in [1.82, 2.24) is 0 Å². The molecule has 0 N–H and O–H groups in total.